The van der Waals surface area contributed by atoms with E-state index in [4.69, 9.17) is 20.7 Å². The predicted molar refractivity (Wildman–Crippen MR) is 96.4 cm³/mol. The molecule has 2 atom stereocenters. The summed E-state index contributed by atoms with van der Waals surface area (Å²) in [4.78, 5) is 30.2. The van der Waals surface area contributed by atoms with Crippen molar-refractivity contribution < 1.29 is 37.9 Å². The monoisotopic (exact) mass is 424 g/mol. The summed E-state index contributed by atoms with van der Waals surface area (Å²) in [5, 5.41) is 32.9. The number of aliphatic carboxylic acids is 2. The lowest BCUT2D eigenvalue weighted by atomic mass is 10.0. The lowest BCUT2D eigenvalue weighted by Crippen LogP contribution is -2.44. The van der Waals surface area contributed by atoms with Gasteiger partial charge in [-0.3, -0.25) is 14.9 Å². The Bertz CT molecular complexity index is 685. The summed E-state index contributed by atoms with van der Waals surface area (Å²) in [6, 6.07) is 6.20. The largest absolute Gasteiger partial charge is 0.490 e. The number of nitrogens with zero attached hydrogens (tertiary/aromatic N) is 1. The van der Waals surface area contributed by atoms with E-state index in [1.807, 2.05) is 6.92 Å². The molecule has 164 valence electrons. The predicted octanol–water partition coefficient (Wildman–Crippen LogP) is 0.750. The van der Waals surface area contributed by atoms with Gasteiger partial charge >= 0.3 is 18.1 Å². The Morgan fingerprint density at radius 1 is 1.24 bits per heavy atom. The Labute approximate surface area is 164 Å². The maximum Gasteiger partial charge on any atom is 0.490 e. The second kappa shape index (κ2) is 12.6. The zero-order valence-electron chi connectivity index (χ0n) is 15.5. The van der Waals surface area contributed by atoms with Crippen molar-refractivity contribution in [1.29, 1.82) is 0 Å². The van der Waals surface area contributed by atoms with Gasteiger partial charge < -0.3 is 26.6 Å². The molecule has 0 aromatic heterocycles. The number of hydrogen-bond donors (Lipinski definition) is 5. The highest BCUT2D eigenvalue weighted by molar-refractivity contribution is 5.73. The highest BCUT2D eigenvalue weighted by Gasteiger charge is 2.38. The molecule has 0 aliphatic heterocycles. The van der Waals surface area contributed by atoms with Crippen molar-refractivity contribution in [3.8, 4) is 0 Å². The fourth-order valence-electron chi connectivity index (χ4n) is 2.06. The number of halogens is 3. The summed E-state index contributed by atoms with van der Waals surface area (Å²) < 4.78 is 31.7. The fraction of sp³-hybridized carbons (Fsp3) is 0.500. The molecule has 0 fully saturated rings. The van der Waals surface area contributed by atoms with Gasteiger partial charge in [-0.15, -0.1) is 0 Å². The third-order valence-electron chi connectivity index (χ3n) is 3.30. The zero-order valence-corrected chi connectivity index (χ0v) is 15.5. The van der Waals surface area contributed by atoms with Crippen molar-refractivity contribution >= 4 is 17.6 Å². The SMILES string of the molecule is CC(N)CNCC(Cc1ccccc1[N+](=O)[O-])NCC(=O)O.O=C(O)C(F)(F)F. The number of carboxylic acids is 2. The number of nitro groups is 1. The molecule has 0 radical (unpaired) electrons. The topological polar surface area (TPSA) is 168 Å². The molecule has 1 aromatic carbocycles. The number of carbonyl (C=O) groups is 2. The molecule has 0 spiro atoms. The van der Waals surface area contributed by atoms with E-state index in [9.17, 15) is 28.1 Å². The third kappa shape index (κ3) is 12.3. The van der Waals surface area contributed by atoms with Gasteiger partial charge in [0.2, 0.25) is 0 Å². The zero-order chi connectivity index (χ0) is 22.6. The van der Waals surface area contributed by atoms with Crippen molar-refractivity contribution in [3.63, 3.8) is 0 Å². The lowest BCUT2D eigenvalue weighted by Gasteiger charge is -2.19. The molecule has 0 saturated heterocycles. The number of alkyl halides is 3. The van der Waals surface area contributed by atoms with Crippen molar-refractivity contribution in [1.82, 2.24) is 10.6 Å². The van der Waals surface area contributed by atoms with Gasteiger partial charge in [-0.25, -0.2) is 4.79 Å². The standard InChI is InChI=1S/C14H22N4O4.C2HF3O2/c1-10(15)7-16-8-12(17-9-14(19)20)6-11-4-2-3-5-13(11)18(21)22;3-2(4,5)1(6)7/h2-5,10,12,16-17H,6-9,15H2,1H3,(H,19,20);(H,6,7). The first-order chi connectivity index (χ1) is 13.3. The van der Waals surface area contributed by atoms with Gasteiger partial charge in [-0.1, -0.05) is 18.2 Å². The van der Waals surface area contributed by atoms with Gasteiger partial charge in [-0.05, 0) is 13.3 Å². The van der Waals surface area contributed by atoms with Crippen LogP contribution in [0.1, 0.15) is 12.5 Å². The van der Waals surface area contributed by atoms with Crippen LogP contribution in [0.15, 0.2) is 24.3 Å². The molecule has 0 heterocycles. The van der Waals surface area contributed by atoms with Crippen LogP contribution in [-0.2, 0) is 16.0 Å². The van der Waals surface area contributed by atoms with E-state index in [1.165, 1.54) is 6.07 Å². The molecular formula is C16H23F3N4O6. The van der Waals surface area contributed by atoms with Gasteiger partial charge in [0.25, 0.3) is 5.69 Å². The number of nitro benzene ring substituents is 1. The summed E-state index contributed by atoms with van der Waals surface area (Å²) in [5.41, 5.74) is 6.26. The highest BCUT2D eigenvalue weighted by atomic mass is 19.4. The van der Waals surface area contributed by atoms with Crippen LogP contribution in [0.2, 0.25) is 0 Å². The summed E-state index contributed by atoms with van der Waals surface area (Å²) in [5.74, 6) is -3.73. The molecule has 13 heteroatoms. The van der Waals surface area contributed by atoms with Gasteiger partial charge in [0.05, 0.1) is 11.5 Å². The van der Waals surface area contributed by atoms with Crippen LogP contribution in [-0.4, -0.2) is 65.0 Å². The van der Waals surface area contributed by atoms with Crippen molar-refractivity contribution in [3.05, 3.63) is 39.9 Å². The quantitative estimate of drug-likeness (QED) is 0.269. The Kier molecular flexibility index (Phi) is 11.4. The van der Waals surface area contributed by atoms with Gasteiger partial charge in [0.15, 0.2) is 0 Å². The highest BCUT2D eigenvalue weighted by Crippen LogP contribution is 2.19. The number of para-hydroxylation sites is 1. The molecule has 29 heavy (non-hydrogen) atoms. The Morgan fingerprint density at radius 3 is 2.24 bits per heavy atom. The molecule has 2 unspecified atom stereocenters. The van der Waals surface area contributed by atoms with E-state index in [1.54, 1.807) is 18.2 Å². The second-order valence-electron chi connectivity index (χ2n) is 6.00. The van der Waals surface area contributed by atoms with E-state index < -0.39 is 23.0 Å². The molecule has 0 aliphatic carbocycles. The van der Waals surface area contributed by atoms with E-state index in [2.05, 4.69) is 10.6 Å². The summed E-state index contributed by atoms with van der Waals surface area (Å²) in [6.07, 6.45) is -4.73. The van der Waals surface area contributed by atoms with Gasteiger partial charge in [0.1, 0.15) is 0 Å². The molecule has 10 nitrogen and oxygen atoms in total. The fourth-order valence-corrected chi connectivity index (χ4v) is 2.06. The summed E-state index contributed by atoms with van der Waals surface area (Å²) in [7, 11) is 0. The molecule has 0 bridgehead atoms. The number of nitrogens with one attached hydrogen (secondary N) is 2. The minimum atomic E-state index is -5.08. The van der Waals surface area contributed by atoms with Gasteiger partial charge in [-0.2, -0.15) is 13.2 Å². The first-order valence-electron chi connectivity index (χ1n) is 8.28. The Hall–Kier alpha value is -2.77. The number of benzene rings is 1. The first-order valence-corrected chi connectivity index (χ1v) is 8.28. The second-order valence-corrected chi connectivity index (χ2v) is 6.00. The van der Waals surface area contributed by atoms with E-state index in [-0.39, 0.29) is 24.3 Å². The molecule has 0 saturated carbocycles. The van der Waals surface area contributed by atoms with Crippen LogP contribution in [0, 0.1) is 10.1 Å². The average Bonchev–Trinajstić information content (AvgIpc) is 2.59. The molecule has 6 N–H and O–H groups in total. The van der Waals surface area contributed by atoms with Crippen LogP contribution < -0.4 is 16.4 Å². The van der Waals surface area contributed by atoms with Crippen molar-refractivity contribution in [2.24, 2.45) is 5.73 Å². The maximum absolute atomic E-state index is 11.0. The minimum Gasteiger partial charge on any atom is -0.480 e. The number of nitrogens with two attached hydrogens (primary N) is 1. The van der Waals surface area contributed by atoms with Crippen LogP contribution in [0.5, 0.6) is 0 Å². The third-order valence-corrected chi connectivity index (χ3v) is 3.30. The smallest absolute Gasteiger partial charge is 0.480 e. The summed E-state index contributed by atoms with van der Waals surface area (Å²) >= 11 is 0. The van der Waals surface area contributed by atoms with Crippen molar-refractivity contribution in [2.45, 2.75) is 31.6 Å². The van der Waals surface area contributed by atoms with Crippen LogP contribution in [0.4, 0.5) is 18.9 Å². The minimum absolute atomic E-state index is 0.0221. The Morgan fingerprint density at radius 2 is 1.79 bits per heavy atom. The first kappa shape index (κ1) is 26.2. The van der Waals surface area contributed by atoms with E-state index in [0.29, 0.717) is 25.1 Å². The molecule has 0 amide bonds. The number of carboxylic acid groups (broad SMARTS) is 2. The maximum atomic E-state index is 11.0. The molecule has 0 aliphatic rings. The van der Waals surface area contributed by atoms with Crippen LogP contribution >= 0.6 is 0 Å². The Balaban J connectivity index is 0.000000956. The van der Waals surface area contributed by atoms with E-state index >= 15 is 0 Å². The average molecular weight is 424 g/mol. The summed E-state index contributed by atoms with van der Waals surface area (Å²) in [6.45, 7) is 2.71. The molecule has 1 aromatic rings. The van der Waals surface area contributed by atoms with Gasteiger partial charge in [0, 0.05) is 36.8 Å². The van der Waals surface area contributed by atoms with E-state index in [0.717, 1.165) is 0 Å². The number of hydrogen-bond acceptors (Lipinski definition) is 7. The van der Waals surface area contributed by atoms with Crippen LogP contribution in [0.3, 0.4) is 0 Å². The number of rotatable bonds is 10. The normalized spacial score (nSPS) is 13.0. The van der Waals surface area contributed by atoms with Crippen LogP contribution in [0.25, 0.3) is 0 Å². The molecular weight excluding hydrogens is 401 g/mol. The lowest BCUT2D eigenvalue weighted by molar-refractivity contribution is -0.385. The van der Waals surface area contributed by atoms with Crippen molar-refractivity contribution in [2.75, 3.05) is 19.6 Å². The molecule has 1 rings (SSSR count).